The second-order valence-electron chi connectivity index (χ2n) is 8.43. The molecule has 0 radical (unpaired) electrons. The highest BCUT2D eigenvalue weighted by atomic mass is 32.2. The first-order chi connectivity index (χ1) is 17.9. The summed E-state index contributed by atoms with van der Waals surface area (Å²) in [6.07, 6.45) is -0.0772. The van der Waals surface area contributed by atoms with Crippen LogP contribution in [-0.2, 0) is 19.6 Å². The van der Waals surface area contributed by atoms with Crippen molar-refractivity contribution in [1.82, 2.24) is 9.62 Å². The van der Waals surface area contributed by atoms with Crippen molar-refractivity contribution in [3.63, 3.8) is 0 Å². The van der Waals surface area contributed by atoms with Crippen LogP contribution in [0.25, 0.3) is 0 Å². The number of carbonyl (C=O) groups excluding carboxylic acids is 2. The van der Waals surface area contributed by atoms with Crippen molar-refractivity contribution in [1.29, 1.82) is 0 Å². The number of anilines is 1. The van der Waals surface area contributed by atoms with Crippen LogP contribution in [-0.4, -0.2) is 58.0 Å². The Labute approximate surface area is 216 Å². The largest absolute Gasteiger partial charge is 0.495 e. The summed E-state index contributed by atoms with van der Waals surface area (Å²) in [7, 11) is -2.33. The molecule has 1 heterocycles. The summed E-state index contributed by atoms with van der Waals surface area (Å²) in [4.78, 5) is 26.0. The molecule has 194 valence electrons. The van der Waals surface area contributed by atoms with Gasteiger partial charge < -0.3 is 20.1 Å². The van der Waals surface area contributed by atoms with Gasteiger partial charge >= 0.3 is 0 Å². The first kappa shape index (κ1) is 26.3. The number of hydrogen-bond donors (Lipinski definition) is 2. The van der Waals surface area contributed by atoms with Gasteiger partial charge in [-0.3, -0.25) is 9.59 Å². The lowest BCUT2D eigenvalue weighted by molar-refractivity contribution is -0.116. The molecule has 3 aromatic carbocycles. The second kappa shape index (κ2) is 12.0. The summed E-state index contributed by atoms with van der Waals surface area (Å²) in [6.45, 7) is 1.18. The van der Waals surface area contributed by atoms with Gasteiger partial charge in [0.2, 0.25) is 15.9 Å². The average molecular weight is 524 g/mol. The molecule has 0 aliphatic carbocycles. The fourth-order valence-electron chi connectivity index (χ4n) is 4.04. The van der Waals surface area contributed by atoms with Crippen molar-refractivity contribution >= 4 is 27.5 Å². The smallest absolute Gasteiger partial charge is 0.251 e. The zero-order valence-corrected chi connectivity index (χ0v) is 21.2. The molecule has 1 aliphatic heterocycles. The molecule has 0 spiro atoms. The van der Waals surface area contributed by atoms with E-state index in [2.05, 4.69) is 10.6 Å². The predicted octanol–water partition coefficient (Wildman–Crippen LogP) is 3.22. The van der Waals surface area contributed by atoms with Gasteiger partial charge in [-0.2, -0.15) is 4.31 Å². The molecule has 37 heavy (non-hydrogen) atoms. The van der Waals surface area contributed by atoms with Crippen LogP contribution in [0.4, 0.5) is 5.69 Å². The van der Waals surface area contributed by atoms with Gasteiger partial charge in [-0.1, -0.05) is 48.5 Å². The van der Waals surface area contributed by atoms with E-state index in [9.17, 15) is 18.0 Å². The minimum atomic E-state index is -3.77. The molecule has 0 saturated carbocycles. The fraction of sp³-hybridized carbons (Fsp3) is 0.259. The molecule has 3 aromatic rings. The second-order valence-corrected chi connectivity index (χ2v) is 10.4. The van der Waals surface area contributed by atoms with E-state index in [-0.39, 0.29) is 36.0 Å². The van der Waals surface area contributed by atoms with E-state index >= 15 is 0 Å². The molecule has 2 N–H and O–H groups in total. The van der Waals surface area contributed by atoms with Crippen LogP contribution in [0.1, 0.15) is 28.4 Å². The molecule has 1 fully saturated rings. The molecule has 1 unspecified atom stereocenters. The lowest BCUT2D eigenvalue weighted by atomic mass is 10.0. The first-order valence-electron chi connectivity index (χ1n) is 11.8. The Morgan fingerprint density at radius 3 is 2.27 bits per heavy atom. The maximum atomic E-state index is 13.2. The molecule has 0 aromatic heterocycles. The summed E-state index contributed by atoms with van der Waals surface area (Å²) in [5, 5.41) is 5.70. The number of morpholine rings is 1. The zero-order chi connectivity index (χ0) is 26.3. The minimum absolute atomic E-state index is 0.0440. The summed E-state index contributed by atoms with van der Waals surface area (Å²) >= 11 is 0. The number of sulfonamides is 1. The molecule has 0 bridgehead atoms. The average Bonchev–Trinajstić information content (AvgIpc) is 2.94. The van der Waals surface area contributed by atoms with Crippen LogP contribution in [0.15, 0.2) is 83.8 Å². The maximum Gasteiger partial charge on any atom is 0.251 e. The van der Waals surface area contributed by atoms with E-state index in [1.54, 1.807) is 24.3 Å². The monoisotopic (exact) mass is 523 g/mol. The molecular weight excluding hydrogens is 494 g/mol. The number of carbonyl (C=O) groups is 2. The molecule has 2 amide bonds. The van der Waals surface area contributed by atoms with Crippen molar-refractivity contribution in [2.75, 3.05) is 38.7 Å². The highest BCUT2D eigenvalue weighted by molar-refractivity contribution is 7.89. The lowest BCUT2D eigenvalue weighted by Crippen LogP contribution is -2.40. The molecular formula is C27H29N3O6S. The van der Waals surface area contributed by atoms with Gasteiger partial charge in [0.1, 0.15) is 5.75 Å². The molecule has 9 nitrogen and oxygen atoms in total. The third kappa shape index (κ3) is 6.53. The van der Waals surface area contributed by atoms with Crippen molar-refractivity contribution in [3.05, 3.63) is 90.0 Å². The molecule has 10 heteroatoms. The van der Waals surface area contributed by atoms with Crippen molar-refractivity contribution in [2.24, 2.45) is 0 Å². The maximum absolute atomic E-state index is 13.2. The number of amides is 2. The summed E-state index contributed by atoms with van der Waals surface area (Å²) in [5.74, 6) is -0.404. The van der Waals surface area contributed by atoms with Crippen molar-refractivity contribution in [2.45, 2.75) is 17.4 Å². The van der Waals surface area contributed by atoms with Gasteiger partial charge in [0.15, 0.2) is 0 Å². The number of benzene rings is 3. The number of nitrogens with one attached hydrogen (secondary N) is 2. The van der Waals surface area contributed by atoms with Gasteiger partial charge in [-0.05, 0) is 35.9 Å². The van der Waals surface area contributed by atoms with Gasteiger partial charge in [0, 0.05) is 18.7 Å². The Balaban J connectivity index is 1.54. The minimum Gasteiger partial charge on any atom is -0.495 e. The van der Waals surface area contributed by atoms with Gasteiger partial charge in [-0.15, -0.1) is 0 Å². The van der Waals surface area contributed by atoms with Crippen LogP contribution in [0.5, 0.6) is 5.75 Å². The number of rotatable bonds is 9. The summed E-state index contributed by atoms with van der Waals surface area (Å²) in [6, 6.07) is 21.7. The molecule has 1 aliphatic rings. The van der Waals surface area contributed by atoms with E-state index in [0.29, 0.717) is 24.5 Å². The van der Waals surface area contributed by atoms with E-state index in [1.165, 1.54) is 29.6 Å². The van der Waals surface area contributed by atoms with Crippen LogP contribution in [0.2, 0.25) is 0 Å². The van der Waals surface area contributed by atoms with Gasteiger partial charge in [0.25, 0.3) is 5.91 Å². The van der Waals surface area contributed by atoms with Crippen LogP contribution < -0.4 is 15.4 Å². The van der Waals surface area contributed by atoms with Gasteiger partial charge in [0.05, 0.1) is 43.4 Å². The lowest BCUT2D eigenvalue weighted by Gasteiger charge is -2.26. The zero-order valence-electron chi connectivity index (χ0n) is 20.4. The third-order valence-electron chi connectivity index (χ3n) is 5.99. The van der Waals surface area contributed by atoms with Crippen molar-refractivity contribution in [3.8, 4) is 5.75 Å². The normalized spacial score (nSPS) is 14.9. The Morgan fingerprint density at radius 1 is 0.973 bits per heavy atom. The highest BCUT2D eigenvalue weighted by Crippen LogP contribution is 2.30. The topological polar surface area (TPSA) is 114 Å². The number of nitrogens with zero attached hydrogens (tertiary/aromatic N) is 1. The fourth-order valence-corrected chi connectivity index (χ4v) is 5.47. The Hall–Kier alpha value is -3.73. The first-order valence-corrected chi connectivity index (χ1v) is 13.3. The SMILES string of the molecule is COc1ccc(S(=O)(=O)N2CCOCC2)cc1NC(=O)CC(NC(=O)c1ccccc1)c1ccccc1. The van der Waals surface area contributed by atoms with E-state index in [4.69, 9.17) is 9.47 Å². The molecule has 4 rings (SSSR count). The number of ether oxygens (including phenoxy) is 2. The molecule has 1 saturated heterocycles. The standard InChI is InChI=1S/C27H29N3O6S/c1-35-25-13-12-22(37(33,34)30-14-16-36-17-15-30)18-24(25)28-26(31)19-23(20-8-4-2-5-9-20)29-27(32)21-10-6-3-7-11-21/h2-13,18,23H,14-17,19H2,1H3,(H,28,31)(H,29,32). The van der Waals surface area contributed by atoms with E-state index in [1.807, 2.05) is 36.4 Å². The van der Waals surface area contributed by atoms with E-state index < -0.39 is 22.0 Å². The Kier molecular flexibility index (Phi) is 8.54. The Morgan fingerprint density at radius 2 is 1.62 bits per heavy atom. The Bertz CT molecular complexity index is 1330. The highest BCUT2D eigenvalue weighted by Gasteiger charge is 2.28. The number of methoxy groups -OCH3 is 1. The van der Waals surface area contributed by atoms with Crippen LogP contribution in [0.3, 0.4) is 0 Å². The quantitative estimate of drug-likeness (QED) is 0.445. The molecule has 1 atom stereocenters. The summed E-state index contributed by atoms with van der Waals surface area (Å²) < 4.78 is 38.2. The van der Waals surface area contributed by atoms with Gasteiger partial charge in [-0.25, -0.2) is 8.42 Å². The summed E-state index contributed by atoms with van der Waals surface area (Å²) in [5.41, 5.74) is 1.46. The van der Waals surface area contributed by atoms with Crippen LogP contribution in [0, 0.1) is 0 Å². The van der Waals surface area contributed by atoms with E-state index in [0.717, 1.165) is 5.56 Å². The third-order valence-corrected chi connectivity index (χ3v) is 7.88. The van der Waals surface area contributed by atoms with Crippen molar-refractivity contribution < 1.29 is 27.5 Å². The predicted molar refractivity (Wildman–Crippen MR) is 139 cm³/mol. The van der Waals surface area contributed by atoms with Crippen LogP contribution >= 0.6 is 0 Å². The number of hydrogen-bond acceptors (Lipinski definition) is 6.